The Kier molecular flexibility index (Phi) is 7.65. The van der Waals surface area contributed by atoms with Crippen LogP contribution in [0.4, 0.5) is 0 Å². The van der Waals surface area contributed by atoms with Crippen molar-refractivity contribution in [1.29, 1.82) is 0 Å². The zero-order chi connectivity index (χ0) is 23.1. The van der Waals surface area contributed by atoms with Crippen LogP contribution in [0, 0.1) is 6.92 Å². The Balaban J connectivity index is 1.71. The predicted octanol–water partition coefficient (Wildman–Crippen LogP) is 2.30. The fourth-order valence-electron chi connectivity index (χ4n) is 3.56. The van der Waals surface area contributed by atoms with Gasteiger partial charge in [0.25, 0.3) is 5.91 Å². The zero-order valence-electron chi connectivity index (χ0n) is 18.2. The van der Waals surface area contributed by atoms with E-state index < -0.39 is 23.5 Å². The largest absolute Gasteiger partial charge is 0.548 e. The third-order valence-electron chi connectivity index (χ3n) is 5.26. The number of ether oxygens (including phenoxy) is 1. The molecule has 0 saturated carbocycles. The van der Waals surface area contributed by atoms with E-state index in [0.29, 0.717) is 16.9 Å². The second-order valence-corrected chi connectivity index (χ2v) is 7.68. The van der Waals surface area contributed by atoms with Crippen LogP contribution >= 0.6 is 0 Å². The van der Waals surface area contributed by atoms with Crippen LogP contribution in [-0.2, 0) is 22.4 Å². The molecule has 1 aromatic heterocycles. The van der Waals surface area contributed by atoms with Crippen molar-refractivity contribution in [2.45, 2.75) is 45.6 Å². The molecule has 3 rings (SSSR count). The highest BCUT2D eigenvalue weighted by Crippen LogP contribution is 2.29. The summed E-state index contributed by atoms with van der Waals surface area (Å²) in [5.41, 5.74) is 2.29. The number of carboxylic acids is 1. The molecule has 0 saturated heterocycles. The number of carboxylic acid groups (broad SMARTS) is 1. The van der Waals surface area contributed by atoms with E-state index in [4.69, 9.17) is 9.15 Å². The number of rotatable bonds is 10. The van der Waals surface area contributed by atoms with Gasteiger partial charge in [-0.25, -0.2) is 4.79 Å². The van der Waals surface area contributed by atoms with Crippen LogP contribution in [0.15, 0.2) is 57.7 Å². The van der Waals surface area contributed by atoms with Crippen molar-refractivity contribution in [1.82, 2.24) is 5.32 Å². The molecule has 0 aliphatic carbocycles. The number of carbonyl (C=O) groups excluding carboxylic acids is 2. The summed E-state index contributed by atoms with van der Waals surface area (Å²) in [7, 11) is 0. The molecule has 1 atom stereocenters. The lowest BCUT2D eigenvalue weighted by molar-refractivity contribution is -0.308. The van der Waals surface area contributed by atoms with Crippen molar-refractivity contribution in [2.75, 3.05) is 6.61 Å². The Morgan fingerprint density at radius 3 is 2.59 bits per heavy atom. The first kappa shape index (κ1) is 23.1. The van der Waals surface area contributed by atoms with E-state index in [1.54, 1.807) is 37.3 Å². The first-order chi connectivity index (χ1) is 15.4. The molecule has 0 bridgehead atoms. The Morgan fingerprint density at radius 2 is 1.91 bits per heavy atom. The maximum absolute atomic E-state index is 12.3. The van der Waals surface area contributed by atoms with E-state index in [1.165, 1.54) is 6.07 Å². The molecule has 0 radical (unpaired) electrons. The van der Waals surface area contributed by atoms with Crippen molar-refractivity contribution in [3.8, 4) is 5.75 Å². The molecule has 7 heteroatoms. The Bertz CT molecular complexity index is 1150. The van der Waals surface area contributed by atoms with Gasteiger partial charge in [0.15, 0.2) is 6.61 Å². The molecular formula is C25H26NO6-. The first-order valence-electron chi connectivity index (χ1n) is 10.6. The molecule has 32 heavy (non-hydrogen) atoms. The summed E-state index contributed by atoms with van der Waals surface area (Å²) in [5.74, 6) is -1.57. The van der Waals surface area contributed by atoms with Crippen molar-refractivity contribution in [3.05, 3.63) is 75.6 Å². The third-order valence-corrected chi connectivity index (χ3v) is 5.26. The second-order valence-electron chi connectivity index (χ2n) is 7.68. The molecule has 7 nitrogen and oxygen atoms in total. The van der Waals surface area contributed by atoms with Gasteiger partial charge in [-0.15, -0.1) is 0 Å². The zero-order valence-corrected chi connectivity index (χ0v) is 18.2. The minimum Gasteiger partial charge on any atom is -0.548 e. The number of aliphatic carboxylic acids is 1. The highest BCUT2D eigenvalue weighted by Gasteiger charge is 2.16. The van der Waals surface area contributed by atoms with E-state index >= 15 is 0 Å². The van der Waals surface area contributed by atoms with Crippen LogP contribution in [0.3, 0.4) is 0 Å². The van der Waals surface area contributed by atoms with Gasteiger partial charge < -0.3 is 24.4 Å². The molecule has 168 valence electrons. The number of fused-ring (bicyclic) bond motifs is 1. The highest BCUT2D eigenvalue weighted by molar-refractivity contribution is 5.86. The van der Waals surface area contributed by atoms with Crippen LogP contribution in [0.5, 0.6) is 5.75 Å². The van der Waals surface area contributed by atoms with E-state index in [2.05, 4.69) is 12.2 Å². The van der Waals surface area contributed by atoms with Crippen LogP contribution < -0.4 is 20.8 Å². The van der Waals surface area contributed by atoms with Crippen molar-refractivity contribution < 1.29 is 23.8 Å². The van der Waals surface area contributed by atoms with Gasteiger partial charge in [0, 0.05) is 17.0 Å². The third kappa shape index (κ3) is 5.75. The van der Waals surface area contributed by atoms with E-state index in [9.17, 15) is 19.5 Å². The number of amides is 1. The predicted molar refractivity (Wildman–Crippen MR) is 118 cm³/mol. The minimum absolute atomic E-state index is 0.107. The number of hydrogen-bond acceptors (Lipinski definition) is 6. The molecule has 1 amide bonds. The summed E-state index contributed by atoms with van der Waals surface area (Å²) in [6.45, 7) is 3.45. The summed E-state index contributed by atoms with van der Waals surface area (Å²) < 4.78 is 11.0. The van der Waals surface area contributed by atoms with Gasteiger partial charge in [-0.3, -0.25) is 4.79 Å². The number of hydrogen-bond donors (Lipinski definition) is 1. The molecule has 3 aromatic rings. The minimum atomic E-state index is -1.37. The Hall–Kier alpha value is -3.61. The van der Waals surface area contributed by atoms with Gasteiger partial charge in [-0.05, 0) is 49.4 Å². The standard InChI is InChI=1S/C25H27NO6/c1-3-4-10-18-14-23(28)32-24-16(2)21(12-11-19(18)24)31-15-22(27)26-20(25(29)30)13-17-8-6-5-7-9-17/h5-9,11-12,14,20H,3-4,10,13,15H2,1-2H3,(H,26,27)(H,29,30)/p-1/t20-/m0/s1. The average molecular weight is 436 g/mol. The topological polar surface area (TPSA) is 109 Å². The van der Waals surface area contributed by atoms with Gasteiger partial charge in [-0.2, -0.15) is 0 Å². The number of nitrogens with one attached hydrogen (secondary N) is 1. The normalized spacial score (nSPS) is 11.8. The maximum atomic E-state index is 12.3. The molecular weight excluding hydrogens is 410 g/mol. The fourth-order valence-corrected chi connectivity index (χ4v) is 3.56. The van der Waals surface area contributed by atoms with Crippen molar-refractivity contribution in [3.63, 3.8) is 0 Å². The first-order valence-corrected chi connectivity index (χ1v) is 10.6. The van der Waals surface area contributed by atoms with E-state index in [0.717, 1.165) is 35.8 Å². The average Bonchev–Trinajstić information content (AvgIpc) is 2.77. The van der Waals surface area contributed by atoms with Gasteiger partial charge in [0.1, 0.15) is 11.3 Å². The van der Waals surface area contributed by atoms with Crippen molar-refractivity contribution in [2.24, 2.45) is 0 Å². The van der Waals surface area contributed by atoms with Crippen molar-refractivity contribution >= 4 is 22.8 Å². The van der Waals surface area contributed by atoms with E-state index in [1.807, 2.05) is 12.1 Å². The monoisotopic (exact) mass is 436 g/mol. The summed E-state index contributed by atoms with van der Waals surface area (Å²) in [4.78, 5) is 35.8. The smallest absolute Gasteiger partial charge is 0.336 e. The quantitative estimate of drug-likeness (QED) is 0.489. The van der Waals surface area contributed by atoms with Gasteiger partial charge in [0.05, 0.1) is 12.0 Å². The van der Waals surface area contributed by atoms with Crippen LogP contribution in [0.2, 0.25) is 0 Å². The molecule has 2 aromatic carbocycles. The van der Waals surface area contributed by atoms with Gasteiger partial charge in [0.2, 0.25) is 0 Å². The Labute approximate surface area is 186 Å². The summed E-state index contributed by atoms with van der Waals surface area (Å²) in [6.07, 6.45) is 2.84. The maximum Gasteiger partial charge on any atom is 0.336 e. The molecule has 0 fully saturated rings. The fraction of sp³-hybridized carbons (Fsp3) is 0.320. The summed E-state index contributed by atoms with van der Waals surface area (Å²) in [5, 5.41) is 14.7. The second kappa shape index (κ2) is 10.6. The summed E-state index contributed by atoms with van der Waals surface area (Å²) >= 11 is 0. The molecule has 1 N–H and O–H groups in total. The molecule has 0 unspecified atom stereocenters. The van der Waals surface area contributed by atoms with Gasteiger partial charge >= 0.3 is 5.63 Å². The number of carbonyl (C=O) groups is 2. The molecule has 0 aliphatic rings. The number of unbranched alkanes of at least 4 members (excludes halogenated alkanes) is 1. The lowest BCUT2D eigenvalue weighted by Crippen LogP contribution is -2.50. The van der Waals surface area contributed by atoms with Crippen LogP contribution in [-0.4, -0.2) is 24.5 Å². The lowest BCUT2D eigenvalue weighted by Gasteiger charge is -2.20. The lowest BCUT2D eigenvalue weighted by atomic mass is 10.0. The molecule has 1 heterocycles. The van der Waals surface area contributed by atoms with Crippen LogP contribution in [0.25, 0.3) is 11.0 Å². The molecule has 0 spiro atoms. The van der Waals surface area contributed by atoms with Gasteiger partial charge in [-0.1, -0.05) is 43.7 Å². The number of benzene rings is 2. The molecule has 0 aliphatic heterocycles. The van der Waals surface area contributed by atoms with Crippen LogP contribution in [0.1, 0.15) is 36.5 Å². The Morgan fingerprint density at radius 1 is 1.16 bits per heavy atom. The summed E-state index contributed by atoms with van der Waals surface area (Å²) in [6, 6.07) is 12.8. The van der Waals surface area contributed by atoms with E-state index in [-0.39, 0.29) is 13.0 Å². The number of aryl methyl sites for hydroxylation is 2. The highest BCUT2D eigenvalue weighted by atomic mass is 16.5. The SMILES string of the molecule is CCCCc1cc(=O)oc2c(C)c(OCC(=O)N[C@@H](Cc3ccccc3)C(=O)[O-])ccc12.